The highest BCUT2D eigenvalue weighted by Gasteiger charge is 2.22. The molecule has 3 aromatic rings. The number of carboxylic acid groups (broad SMARTS) is 2. The average Bonchev–Trinajstić information content (AvgIpc) is 3.16. The van der Waals surface area contributed by atoms with E-state index in [1.807, 2.05) is 42.3 Å². The van der Waals surface area contributed by atoms with Crippen molar-refractivity contribution in [3.05, 3.63) is 60.2 Å². The third-order valence-corrected chi connectivity index (χ3v) is 4.43. The lowest BCUT2D eigenvalue weighted by molar-refractivity contribution is -0.685. The summed E-state index contributed by atoms with van der Waals surface area (Å²) in [5.74, 6) is -1.79. The van der Waals surface area contributed by atoms with Gasteiger partial charge in [-0.25, -0.2) is 27.9 Å². The smallest absolute Gasteiger partial charge is 0.346 e. The first-order valence-electron chi connectivity index (χ1n) is 8.45. The summed E-state index contributed by atoms with van der Waals surface area (Å²) in [5.41, 5.74) is 5.09. The van der Waals surface area contributed by atoms with Gasteiger partial charge in [0, 0.05) is 5.56 Å². The standard InChI is InChI=1S/C19H20N4O4/c1-13-8-14(2)19(23-7-5-21(12-23)10-17(26)27)15(3)18(13)22-6-4-20(11-22)9-16(24)25/h4-8,11-12H,9-10H2,1-3H3/p+2. The van der Waals surface area contributed by atoms with Crippen LogP contribution in [-0.2, 0) is 22.7 Å². The number of rotatable bonds is 6. The molecule has 0 amide bonds. The number of hydrogen-bond donors (Lipinski definition) is 2. The molecular weight excluding hydrogens is 348 g/mol. The highest BCUT2D eigenvalue weighted by Crippen LogP contribution is 2.28. The Bertz CT molecular complexity index is 954. The van der Waals surface area contributed by atoms with Crippen molar-refractivity contribution in [3.63, 3.8) is 0 Å². The van der Waals surface area contributed by atoms with E-state index in [1.165, 1.54) is 0 Å². The van der Waals surface area contributed by atoms with Gasteiger partial charge in [0.2, 0.25) is 12.7 Å². The van der Waals surface area contributed by atoms with Crippen LogP contribution in [0.2, 0.25) is 0 Å². The van der Waals surface area contributed by atoms with Crippen LogP contribution in [0.5, 0.6) is 0 Å². The monoisotopic (exact) mass is 370 g/mol. The number of nitrogens with zero attached hydrogens (tertiary/aromatic N) is 4. The Morgan fingerprint density at radius 3 is 1.63 bits per heavy atom. The topological polar surface area (TPSA) is 92.2 Å². The van der Waals surface area contributed by atoms with Crippen molar-refractivity contribution in [3.8, 4) is 11.4 Å². The maximum absolute atomic E-state index is 10.9. The summed E-state index contributed by atoms with van der Waals surface area (Å²) in [6, 6.07) is 2.07. The van der Waals surface area contributed by atoms with E-state index in [9.17, 15) is 9.59 Å². The minimum absolute atomic E-state index is 0.101. The zero-order valence-corrected chi connectivity index (χ0v) is 15.5. The van der Waals surface area contributed by atoms with Crippen LogP contribution in [0.3, 0.4) is 0 Å². The van der Waals surface area contributed by atoms with Gasteiger partial charge in [0.05, 0.1) is 0 Å². The zero-order chi connectivity index (χ0) is 19.7. The van der Waals surface area contributed by atoms with Crippen molar-refractivity contribution in [2.75, 3.05) is 0 Å². The summed E-state index contributed by atoms with van der Waals surface area (Å²) in [7, 11) is 0. The van der Waals surface area contributed by atoms with Crippen LogP contribution >= 0.6 is 0 Å². The number of imidazole rings is 2. The Morgan fingerprint density at radius 2 is 1.26 bits per heavy atom. The second-order valence-electron chi connectivity index (χ2n) is 6.61. The molecule has 140 valence electrons. The highest BCUT2D eigenvalue weighted by molar-refractivity contribution is 5.65. The van der Waals surface area contributed by atoms with Crippen LogP contribution < -0.4 is 9.13 Å². The first-order valence-corrected chi connectivity index (χ1v) is 8.45. The van der Waals surface area contributed by atoms with Crippen molar-refractivity contribution < 1.29 is 28.9 Å². The highest BCUT2D eigenvalue weighted by atomic mass is 16.4. The fourth-order valence-electron chi connectivity index (χ4n) is 3.51. The molecule has 1 aromatic carbocycles. The molecule has 2 aromatic heterocycles. The number of benzene rings is 1. The first-order chi connectivity index (χ1) is 12.8. The number of carboxylic acids is 2. The molecule has 0 aliphatic rings. The molecule has 0 radical (unpaired) electrons. The Labute approximate surface area is 156 Å². The van der Waals surface area contributed by atoms with E-state index < -0.39 is 11.9 Å². The molecule has 3 rings (SSSR count). The average molecular weight is 370 g/mol. The zero-order valence-electron chi connectivity index (χ0n) is 15.5. The van der Waals surface area contributed by atoms with Crippen molar-refractivity contribution in [1.29, 1.82) is 0 Å². The van der Waals surface area contributed by atoms with Crippen molar-refractivity contribution in [2.24, 2.45) is 0 Å². The Kier molecular flexibility index (Phi) is 4.81. The largest absolute Gasteiger partial charge is 0.478 e. The number of hydrogen-bond acceptors (Lipinski definition) is 2. The molecule has 0 unspecified atom stereocenters. The molecule has 0 bridgehead atoms. The van der Waals surface area contributed by atoms with Gasteiger partial charge in [-0.2, -0.15) is 0 Å². The molecule has 27 heavy (non-hydrogen) atoms. The van der Waals surface area contributed by atoms with Crippen molar-refractivity contribution >= 4 is 11.9 Å². The van der Waals surface area contributed by atoms with E-state index >= 15 is 0 Å². The number of aryl methyl sites for hydroxylation is 2. The predicted molar refractivity (Wildman–Crippen MR) is 95.0 cm³/mol. The fourth-order valence-corrected chi connectivity index (χ4v) is 3.51. The van der Waals surface area contributed by atoms with E-state index in [1.54, 1.807) is 34.2 Å². The van der Waals surface area contributed by atoms with Crippen LogP contribution in [-0.4, -0.2) is 31.3 Å². The van der Waals surface area contributed by atoms with E-state index in [-0.39, 0.29) is 13.1 Å². The molecule has 0 saturated heterocycles. The summed E-state index contributed by atoms with van der Waals surface area (Å²) in [6.45, 7) is 5.84. The second kappa shape index (κ2) is 7.06. The number of aliphatic carboxylic acids is 2. The van der Waals surface area contributed by atoms with Gasteiger partial charge < -0.3 is 10.2 Å². The Morgan fingerprint density at radius 1 is 0.852 bits per heavy atom. The summed E-state index contributed by atoms with van der Waals surface area (Å²) >= 11 is 0. The van der Waals surface area contributed by atoms with Gasteiger partial charge in [-0.15, -0.1) is 0 Å². The molecule has 2 heterocycles. The molecule has 0 fully saturated rings. The normalized spacial score (nSPS) is 10.9. The third-order valence-electron chi connectivity index (χ3n) is 4.43. The molecular formula is C19H22N4O4+2. The Hall–Kier alpha value is -3.42. The lowest BCUT2D eigenvalue weighted by Crippen LogP contribution is -2.35. The van der Waals surface area contributed by atoms with Gasteiger partial charge in [0.1, 0.15) is 36.2 Å². The molecule has 0 aliphatic carbocycles. The van der Waals surface area contributed by atoms with Crippen LogP contribution in [0.4, 0.5) is 0 Å². The lowest BCUT2D eigenvalue weighted by Gasteiger charge is -2.12. The van der Waals surface area contributed by atoms with Crippen LogP contribution in [0.15, 0.2) is 43.5 Å². The number of aromatic nitrogens is 4. The maximum Gasteiger partial charge on any atom is 0.346 e. The van der Waals surface area contributed by atoms with Crippen LogP contribution in [0.1, 0.15) is 16.7 Å². The molecule has 0 atom stereocenters. The van der Waals surface area contributed by atoms with E-state index in [0.29, 0.717) is 0 Å². The van der Waals surface area contributed by atoms with Crippen LogP contribution in [0.25, 0.3) is 11.4 Å². The summed E-state index contributed by atoms with van der Waals surface area (Å²) in [6.07, 6.45) is 10.6. The summed E-state index contributed by atoms with van der Waals surface area (Å²) in [5, 5.41) is 17.9. The van der Waals surface area contributed by atoms with Gasteiger partial charge in [-0.3, -0.25) is 0 Å². The quantitative estimate of drug-likeness (QED) is 0.632. The van der Waals surface area contributed by atoms with Crippen LogP contribution in [0, 0.1) is 20.8 Å². The van der Waals surface area contributed by atoms with Crippen molar-refractivity contribution in [1.82, 2.24) is 9.13 Å². The van der Waals surface area contributed by atoms with Gasteiger partial charge >= 0.3 is 11.9 Å². The van der Waals surface area contributed by atoms with E-state index in [0.717, 1.165) is 28.1 Å². The van der Waals surface area contributed by atoms with Gasteiger partial charge in [-0.05, 0) is 38.0 Å². The molecule has 2 N–H and O–H groups in total. The second-order valence-corrected chi connectivity index (χ2v) is 6.61. The van der Waals surface area contributed by atoms with Gasteiger partial charge in [-0.1, -0.05) is 0 Å². The van der Waals surface area contributed by atoms with Gasteiger partial charge in [0.25, 0.3) is 0 Å². The lowest BCUT2D eigenvalue weighted by atomic mass is 10.0. The maximum atomic E-state index is 10.9. The van der Waals surface area contributed by atoms with Crippen molar-refractivity contribution in [2.45, 2.75) is 33.9 Å². The fraction of sp³-hybridized carbons (Fsp3) is 0.263. The first kappa shape index (κ1) is 18.4. The Balaban J connectivity index is 2.08. The molecule has 0 spiro atoms. The molecule has 8 heteroatoms. The molecule has 0 saturated carbocycles. The predicted octanol–water partition coefficient (Wildman–Crippen LogP) is 0.937. The van der Waals surface area contributed by atoms with E-state index in [2.05, 4.69) is 6.07 Å². The number of carbonyl (C=O) groups is 2. The molecule has 0 aliphatic heterocycles. The third kappa shape index (κ3) is 3.74. The minimum Gasteiger partial charge on any atom is -0.478 e. The van der Waals surface area contributed by atoms with E-state index in [4.69, 9.17) is 10.2 Å². The summed E-state index contributed by atoms with van der Waals surface area (Å²) in [4.78, 5) is 21.9. The molecule has 8 nitrogen and oxygen atoms in total. The summed E-state index contributed by atoms with van der Waals surface area (Å²) < 4.78 is 7.03. The minimum atomic E-state index is -0.897. The SMILES string of the molecule is Cc1cc(C)c(-n2cc[n+](CC(=O)O)c2)c(C)c1-n1cc[n+](CC(=O)O)c1. The van der Waals surface area contributed by atoms with Gasteiger partial charge in [0.15, 0.2) is 13.1 Å².